The lowest BCUT2D eigenvalue weighted by molar-refractivity contribution is -0.0513. The molecule has 39 heavy (non-hydrogen) atoms. The number of piperidine rings is 1. The third-order valence-corrected chi connectivity index (χ3v) is 9.55. The number of hydrogen-bond acceptors (Lipinski definition) is 8. The van der Waals surface area contributed by atoms with E-state index in [-0.39, 0.29) is 35.6 Å². The molecular formula is C25H28ClF2N5O5S. The van der Waals surface area contributed by atoms with Gasteiger partial charge in [-0.3, -0.25) is 9.36 Å². The molecule has 0 radical (unpaired) electrons. The highest BCUT2D eigenvalue weighted by atomic mass is 35.5. The van der Waals surface area contributed by atoms with Crippen LogP contribution in [-0.2, 0) is 10.0 Å². The number of halogens is 3. The van der Waals surface area contributed by atoms with Crippen LogP contribution in [0.2, 0.25) is 5.02 Å². The third kappa shape index (κ3) is 5.58. The number of benzene rings is 1. The number of anilines is 1. The van der Waals surface area contributed by atoms with Gasteiger partial charge < -0.3 is 15.2 Å². The smallest absolute Gasteiger partial charge is 0.387 e. The van der Waals surface area contributed by atoms with Crippen LogP contribution in [0.5, 0.6) is 5.75 Å². The number of nitrogens with one attached hydrogen (secondary N) is 1. The monoisotopic (exact) mass is 583 g/mol. The van der Waals surface area contributed by atoms with Crippen molar-refractivity contribution in [2.45, 2.75) is 68.2 Å². The van der Waals surface area contributed by atoms with E-state index >= 15 is 0 Å². The molecule has 14 heteroatoms. The lowest BCUT2D eigenvalue weighted by Gasteiger charge is -2.32. The van der Waals surface area contributed by atoms with Crippen molar-refractivity contribution in [2.24, 2.45) is 0 Å². The van der Waals surface area contributed by atoms with Gasteiger partial charge in [-0.25, -0.2) is 13.4 Å². The average Bonchev–Trinajstić information content (AvgIpc) is 3.23. The maximum atomic E-state index is 13.2. The van der Waals surface area contributed by atoms with Crippen LogP contribution >= 0.6 is 11.6 Å². The predicted molar refractivity (Wildman–Crippen MR) is 141 cm³/mol. The lowest BCUT2D eigenvalue weighted by Crippen LogP contribution is -2.42. The van der Waals surface area contributed by atoms with E-state index < -0.39 is 39.6 Å². The summed E-state index contributed by atoms with van der Waals surface area (Å²) in [6.07, 6.45) is 3.94. The van der Waals surface area contributed by atoms with Gasteiger partial charge >= 0.3 is 6.61 Å². The number of rotatable bonds is 7. The minimum absolute atomic E-state index is 0.143. The number of sulfonamides is 1. The molecule has 3 aromatic rings. The number of alkyl halides is 2. The van der Waals surface area contributed by atoms with Gasteiger partial charge in [-0.15, -0.1) is 0 Å². The Morgan fingerprint density at radius 2 is 1.90 bits per heavy atom. The molecule has 5 rings (SSSR count). The maximum absolute atomic E-state index is 13.2. The Hall–Kier alpha value is -2.87. The van der Waals surface area contributed by atoms with E-state index in [2.05, 4.69) is 20.0 Å². The number of nitrogens with zero attached hydrogens (tertiary/aromatic N) is 4. The summed E-state index contributed by atoms with van der Waals surface area (Å²) in [6.45, 7) is -1.03. The first kappa shape index (κ1) is 27.7. The van der Waals surface area contributed by atoms with Gasteiger partial charge in [0.2, 0.25) is 16.0 Å². The van der Waals surface area contributed by atoms with Crippen LogP contribution in [0.4, 0.5) is 14.7 Å². The molecule has 2 aromatic heterocycles. The number of pyridine rings is 1. The highest BCUT2D eigenvalue weighted by Crippen LogP contribution is 2.40. The summed E-state index contributed by atoms with van der Waals surface area (Å²) in [5.41, 5.74) is -1.85. The van der Waals surface area contributed by atoms with Crippen LogP contribution in [-0.4, -0.2) is 63.7 Å². The Morgan fingerprint density at radius 3 is 2.51 bits per heavy atom. The molecule has 0 bridgehead atoms. The van der Waals surface area contributed by atoms with E-state index in [1.54, 1.807) is 6.92 Å². The number of aromatic nitrogens is 3. The largest absolute Gasteiger partial charge is 0.429 e. The molecular weight excluding hydrogens is 556 g/mol. The normalized spacial score (nSPS) is 23.0. The van der Waals surface area contributed by atoms with Gasteiger partial charge in [-0.1, -0.05) is 11.6 Å². The molecule has 0 amide bonds. The fraction of sp³-hybridized carbons (Fsp3) is 0.480. The van der Waals surface area contributed by atoms with Crippen LogP contribution in [0.15, 0.2) is 46.2 Å². The fourth-order valence-corrected chi connectivity index (χ4v) is 6.95. The lowest BCUT2D eigenvalue weighted by atomic mass is 10.00. The second-order valence-electron chi connectivity index (χ2n) is 10.1. The zero-order chi connectivity index (χ0) is 27.9. The zero-order valence-corrected chi connectivity index (χ0v) is 22.6. The summed E-state index contributed by atoms with van der Waals surface area (Å²) in [7, 11) is -3.66. The van der Waals surface area contributed by atoms with Gasteiger partial charge in [-0.05, 0) is 69.4 Å². The molecule has 0 spiro atoms. The maximum Gasteiger partial charge on any atom is 0.387 e. The summed E-state index contributed by atoms with van der Waals surface area (Å²) < 4.78 is 59.1. The number of hydrogen-bond donors (Lipinski definition) is 2. The second kappa shape index (κ2) is 10.6. The molecule has 3 heterocycles. The molecule has 0 unspecified atom stereocenters. The second-order valence-corrected chi connectivity index (χ2v) is 12.5. The van der Waals surface area contributed by atoms with Crippen LogP contribution in [0.25, 0.3) is 11.0 Å². The van der Waals surface area contributed by atoms with Gasteiger partial charge in [0.05, 0.1) is 16.5 Å². The highest BCUT2D eigenvalue weighted by molar-refractivity contribution is 7.89. The van der Waals surface area contributed by atoms with Crippen molar-refractivity contribution in [3.63, 3.8) is 0 Å². The minimum atomic E-state index is -3.66. The van der Waals surface area contributed by atoms with Gasteiger partial charge in [0.25, 0.3) is 5.56 Å². The molecule has 2 N–H and O–H groups in total. The first-order valence-electron chi connectivity index (χ1n) is 12.6. The summed E-state index contributed by atoms with van der Waals surface area (Å²) >= 11 is 5.88. The van der Waals surface area contributed by atoms with Gasteiger partial charge in [0.15, 0.2) is 5.75 Å². The molecule has 210 valence electrons. The van der Waals surface area contributed by atoms with Crippen molar-refractivity contribution in [3.05, 3.63) is 51.9 Å². The Labute approximate surface area is 228 Å². The van der Waals surface area contributed by atoms with Crippen LogP contribution in [0, 0.1) is 0 Å². The number of fused-ring (bicyclic) bond motifs is 1. The van der Waals surface area contributed by atoms with Gasteiger partial charge in [-0.2, -0.15) is 18.1 Å². The van der Waals surface area contributed by atoms with Crippen molar-refractivity contribution < 1.29 is 27.0 Å². The minimum Gasteiger partial charge on any atom is -0.429 e. The quantitative estimate of drug-likeness (QED) is 0.430. The summed E-state index contributed by atoms with van der Waals surface area (Å²) in [6, 6.07) is 6.37. The Morgan fingerprint density at radius 1 is 1.21 bits per heavy atom. The summed E-state index contributed by atoms with van der Waals surface area (Å²) in [5.74, 6) is -0.339. The predicted octanol–water partition coefficient (Wildman–Crippen LogP) is 3.79. The van der Waals surface area contributed by atoms with E-state index in [1.165, 1.54) is 45.4 Å². The third-order valence-electron chi connectivity index (χ3n) is 7.38. The summed E-state index contributed by atoms with van der Waals surface area (Å²) in [5, 5.41) is 14.9. The molecule has 1 saturated carbocycles. The SMILES string of the molecule is C[C@@]1(O)CCC[C@H]1n1c(=O)c(OC(F)F)cc2cnc(NC3CCN(S(=O)(=O)c4ccc(Cl)cc4)CC3)nc21. The number of ether oxygens (including phenoxy) is 1. The van der Waals surface area contributed by atoms with Gasteiger partial charge in [0, 0.05) is 35.7 Å². The van der Waals surface area contributed by atoms with Crippen molar-refractivity contribution in [1.29, 1.82) is 0 Å². The molecule has 1 aliphatic heterocycles. The van der Waals surface area contributed by atoms with Crippen molar-refractivity contribution >= 4 is 38.6 Å². The molecule has 10 nitrogen and oxygen atoms in total. The standard InChI is InChI=1S/C25H28ClF2N5O5S/c1-25(35)10-2-3-20(25)33-21-15(13-19(22(33)34)38-23(27)28)14-29-24(31-21)30-17-8-11-32(12-9-17)39(36,37)18-6-4-16(26)5-7-18/h4-7,13-14,17,20,23,35H,2-3,8-12H2,1H3,(H,29,30,31)/t20-,25-/m1/s1. The van der Waals surface area contributed by atoms with E-state index in [1.807, 2.05) is 0 Å². The topological polar surface area (TPSA) is 127 Å². The summed E-state index contributed by atoms with van der Waals surface area (Å²) in [4.78, 5) is 22.2. The first-order valence-corrected chi connectivity index (χ1v) is 14.4. The molecule has 1 aromatic carbocycles. The average molecular weight is 584 g/mol. The van der Waals surface area contributed by atoms with Crippen molar-refractivity contribution in [2.75, 3.05) is 18.4 Å². The fourth-order valence-electron chi connectivity index (χ4n) is 5.35. The van der Waals surface area contributed by atoms with E-state index in [0.29, 0.717) is 42.5 Å². The Kier molecular flexibility index (Phi) is 7.53. The molecule has 2 fully saturated rings. The van der Waals surface area contributed by atoms with E-state index in [4.69, 9.17) is 11.6 Å². The van der Waals surface area contributed by atoms with E-state index in [0.717, 1.165) is 0 Å². The van der Waals surface area contributed by atoms with E-state index in [9.17, 15) is 27.1 Å². The van der Waals surface area contributed by atoms with Crippen molar-refractivity contribution in [3.8, 4) is 5.75 Å². The number of aliphatic hydroxyl groups is 1. The zero-order valence-electron chi connectivity index (χ0n) is 21.1. The molecule has 2 aliphatic rings. The van der Waals surface area contributed by atoms with Crippen molar-refractivity contribution in [1.82, 2.24) is 18.8 Å². The Balaban J connectivity index is 1.39. The van der Waals surface area contributed by atoms with Gasteiger partial charge in [0.1, 0.15) is 5.65 Å². The Bertz CT molecular complexity index is 1530. The molecule has 2 atom stereocenters. The molecule has 1 saturated heterocycles. The molecule has 1 aliphatic carbocycles. The van der Waals surface area contributed by atoms with Crippen LogP contribution in [0.3, 0.4) is 0 Å². The van der Waals surface area contributed by atoms with Crippen LogP contribution in [0.1, 0.15) is 45.1 Å². The highest BCUT2D eigenvalue weighted by Gasteiger charge is 2.40. The first-order chi connectivity index (χ1) is 18.5. The van der Waals surface area contributed by atoms with Crippen LogP contribution < -0.4 is 15.6 Å².